The molecule has 5 nitrogen and oxygen atoms in total. The summed E-state index contributed by atoms with van der Waals surface area (Å²) in [6.07, 6.45) is 3.50. The number of hydrogen-bond donors (Lipinski definition) is 1. The third-order valence-electron chi connectivity index (χ3n) is 3.34. The van der Waals surface area contributed by atoms with Crippen molar-refractivity contribution in [2.75, 3.05) is 13.2 Å². The largest absolute Gasteiger partial charge is 0.379 e. The van der Waals surface area contributed by atoms with E-state index in [2.05, 4.69) is 14.8 Å². The molecule has 3 rings (SSSR count). The molecule has 2 atom stereocenters. The second kappa shape index (κ2) is 3.57. The fourth-order valence-electron chi connectivity index (χ4n) is 2.44. The quantitative estimate of drug-likeness (QED) is 0.708. The van der Waals surface area contributed by atoms with Crippen molar-refractivity contribution in [1.29, 1.82) is 0 Å². The van der Waals surface area contributed by atoms with E-state index in [-0.39, 0.29) is 12.0 Å². The summed E-state index contributed by atoms with van der Waals surface area (Å²) >= 11 is 0. The zero-order chi connectivity index (χ0) is 10.3. The van der Waals surface area contributed by atoms with Crippen molar-refractivity contribution >= 4 is 0 Å². The lowest BCUT2D eigenvalue weighted by molar-refractivity contribution is 0.190. The van der Waals surface area contributed by atoms with Crippen LogP contribution in [0.3, 0.4) is 0 Å². The maximum absolute atomic E-state index is 6.00. The lowest BCUT2D eigenvalue weighted by Gasteiger charge is -2.18. The third kappa shape index (κ3) is 1.46. The summed E-state index contributed by atoms with van der Waals surface area (Å²) in [7, 11) is 0. The van der Waals surface area contributed by atoms with Crippen LogP contribution in [0.4, 0.5) is 0 Å². The number of hydrogen-bond acceptors (Lipinski definition) is 4. The number of aryl methyl sites for hydroxylation is 1. The Bertz CT molecular complexity index is 362. The Morgan fingerprint density at radius 2 is 2.20 bits per heavy atom. The van der Waals surface area contributed by atoms with Gasteiger partial charge in [-0.15, -0.1) is 10.2 Å². The number of aromatic nitrogens is 3. The Morgan fingerprint density at radius 1 is 1.27 bits per heavy atom. The second-order valence-corrected chi connectivity index (χ2v) is 4.39. The molecule has 5 heteroatoms. The van der Waals surface area contributed by atoms with Crippen LogP contribution in [0.5, 0.6) is 0 Å². The predicted octanol–water partition coefficient (Wildman–Crippen LogP) is 0.0555. The molecule has 1 saturated heterocycles. The molecule has 1 aromatic heterocycles. The van der Waals surface area contributed by atoms with Gasteiger partial charge in [-0.2, -0.15) is 0 Å². The fourth-order valence-corrected chi connectivity index (χ4v) is 2.44. The van der Waals surface area contributed by atoms with Gasteiger partial charge in [0.2, 0.25) is 0 Å². The van der Waals surface area contributed by atoms with E-state index in [0.717, 1.165) is 24.6 Å². The van der Waals surface area contributed by atoms with Crippen LogP contribution in [0.25, 0.3) is 0 Å². The van der Waals surface area contributed by atoms with E-state index in [4.69, 9.17) is 10.5 Å². The van der Waals surface area contributed by atoms with Gasteiger partial charge in [0.05, 0.1) is 19.1 Å². The van der Waals surface area contributed by atoms with Gasteiger partial charge in [-0.1, -0.05) is 0 Å². The Kier molecular flexibility index (Phi) is 2.21. The normalized spacial score (nSPS) is 30.5. The zero-order valence-electron chi connectivity index (χ0n) is 8.72. The molecule has 0 spiro atoms. The molecule has 0 bridgehead atoms. The average molecular weight is 208 g/mol. The summed E-state index contributed by atoms with van der Waals surface area (Å²) < 4.78 is 7.62. The van der Waals surface area contributed by atoms with Gasteiger partial charge in [-0.05, 0) is 12.8 Å². The Labute approximate surface area is 88.6 Å². The van der Waals surface area contributed by atoms with Crippen LogP contribution in [0, 0.1) is 0 Å². The fraction of sp³-hybridized carbons (Fsp3) is 0.800. The maximum atomic E-state index is 6.00. The zero-order valence-corrected chi connectivity index (χ0v) is 8.72. The van der Waals surface area contributed by atoms with E-state index in [0.29, 0.717) is 13.2 Å². The smallest absolute Gasteiger partial charge is 0.140 e. The summed E-state index contributed by atoms with van der Waals surface area (Å²) in [6.45, 7) is 2.38. The molecule has 0 amide bonds. The van der Waals surface area contributed by atoms with Crippen LogP contribution in [-0.2, 0) is 17.7 Å². The first-order chi connectivity index (χ1) is 7.36. The number of nitrogens with two attached hydrogens (primary N) is 1. The van der Waals surface area contributed by atoms with Gasteiger partial charge < -0.3 is 15.0 Å². The van der Waals surface area contributed by atoms with Crippen molar-refractivity contribution in [3.05, 3.63) is 11.6 Å². The lowest BCUT2D eigenvalue weighted by Crippen LogP contribution is -2.29. The van der Waals surface area contributed by atoms with Crippen molar-refractivity contribution in [1.82, 2.24) is 14.8 Å². The topological polar surface area (TPSA) is 66.0 Å². The molecule has 2 aliphatic rings. The standard InChI is InChI=1S/C10H16N4O/c11-8-6-15-5-7(8)10-13-12-9-3-1-2-4-14(9)10/h7-8H,1-6,11H2. The summed E-state index contributed by atoms with van der Waals surface area (Å²) in [4.78, 5) is 0. The maximum Gasteiger partial charge on any atom is 0.140 e. The van der Waals surface area contributed by atoms with Crippen molar-refractivity contribution in [3.8, 4) is 0 Å². The van der Waals surface area contributed by atoms with E-state index < -0.39 is 0 Å². The highest BCUT2D eigenvalue weighted by atomic mass is 16.5. The summed E-state index contributed by atoms with van der Waals surface area (Å²) in [5, 5.41) is 8.52. The first kappa shape index (κ1) is 9.30. The molecule has 15 heavy (non-hydrogen) atoms. The molecule has 2 N–H and O–H groups in total. The average Bonchev–Trinajstić information content (AvgIpc) is 2.83. The molecule has 1 fully saturated rings. The molecule has 0 radical (unpaired) electrons. The molecular formula is C10H16N4O. The van der Waals surface area contributed by atoms with Crippen LogP contribution in [0.1, 0.15) is 30.4 Å². The van der Waals surface area contributed by atoms with Crippen molar-refractivity contribution in [2.24, 2.45) is 5.73 Å². The number of ether oxygens (including phenoxy) is 1. The molecule has 2 aliphatic heterocycles. The van der Waals surface area contributed by atoms with E-state index >= 15 is 0 Å². The first-order valence-electron chi connectivity index (χ1n) is 5.61. The Morgan fingerprint density at radius 3 is 3.00 bits per heavy atom. The predicted molar refractivity (Wildman–Crippen MR) is 54.5 cm³/mol. The summed E-state index contributed by atoms with van der Waals surface area (Å²) in [6, 6.07) is 0.0835. The Balaban J connectivity index is 1.94. The minimum absolute atomic E-state index is 0.0835. The number of nitrogens with zero attached hydrogens (tertiary/aromatic N) is 3. The second-order valence-electron chi connectivity index (χ2n) is 4.39. The van der Waals surface area contributed by atoms with E-state index in [1.54, 1.807) is 0 Å². The van der Waals surface area contributed by atoms with Gasteiger partial charge in [-0.25, -0.2) is 0 Å². The molecule has 82 valence electrons. The van der Waals surface area contributed by atoms with Crippen molar-refractivity contribution < 1.29 is 4.74 Å². The number of rotatable bonds is 1. The van der Waals surface area contributed by atoms with Crippen LogP contribution >= 0.6 is 0 Å². The Hall–Kier alpha value is -0.940. The first-order valence-corrected chi connectivity index (χ1v) is 5.61. The SMILES string of the molecule is NC1COCC1c1nnc2n1CCCC2. The lowest BCUT2D eigenvalue weighted by atomic mass is 10.0. The molecule has 0 aromatic carbocycles. The van der Waals surface area contributed by atoms with E-state index in [1.165, 1.54) is 12.8 Å². The molecule has 0 aliphatic carbocycles. The van der Waals surface area contributed by atoms with Gasteiger partial charge in [-0.3, -0.25) is 0 Å². The highest BCUT2D eigenvalue weighted by Crippen LogP contribution is 2.25. The van der Waals surface area contributed by atoms with Crippen LogP contribution < -0.4 is 5.73 Å². The van der Waals surface area contributed by atoms with E-state index in [9.17, 15) is 0 Å². The van der Waals surface area contributed by atoms with Gasteiger partial charge in [0.15, 0.2) is 0 Å². The summed E-state index contributed by atoms with van der Waals surface area (Å²) in [5.74, 6) is 2.40. The molecule has 1 aromatic rings. The highest BCUT2D eigenvalue weighted by molar-refractivity contribution is 5.09. The minimum atomic E-state index is 0.0835. The minimum Gasteiger partial charge on any atom is -0.379 e. The van der Waals surface area contributed by atoms with Crippen LogP contribution in [0.15, 0.2) is 0 Å². The highest BCUT2D eigenvalue weighted by Gasteiger charge is 2.32. The molecule has 2 unspecified atom stereocenters. The van der Waals surface area contributed by atoms with Crippen LogP contribution in [0.2, 0.25) is 0 Å². The summed E-state index contributed by atoms with van der Waals surface area (Å²) in [5.41, 5.74) is 6.00. The molecular weight excluding hydrogens is 192 g/mol. The van der Waals surface area contributed by atoms with Gasteiger partial charge in [0, 0.05) is 19.0 Å². The van der Waals surface area contributed by atoms with Crippen molar-refractivity contribution in [2.45, 2.75) is 37.8 Å². The van der Waals surface area contributed by atoms with Gasteiger partial charge >= 0.3 is 0 Å². The van der Waals surface area contributed by atoms with E-state index in [1.807, 2.05) is 0 Å². The van der Waals surface area contributed by atoms with Crippen LogP contribution in [-0.4, -0.2) is 34.0 Å². The molecule has 0 saturated carbocycles. The van der Waals surface area contributed by atoms with Crippen molar-refractivity contribution in [3.63, 3.8) is 0 Å². The van der Waals surface area contributed by atoms with Gasteiger partial charge in [0.25, 0.3) is 0 Å². The monoisotopic (exact) mass is 208 g/mol. The number of fused-ring (bicyclic) bond motifs is 1. The third-order valence-corrected chi connectivity index (χ3v) is 3.34. The van der Waals surface area contributed by atoms with Gasteiger partial charge in [0.1, 0.15) is 11.6 Å². The molecule has 3 heterocycles.